The van der Waals surface area contributed by atoms with Crippen LogP contribution in [0, 0.1) is 0 Å². The number of amides is 1. The Hall–Kier alpha value is -2.98. The van der Waals surface area contributed by atoms with Crippen molar-refractivity contribution in [2.24, 2.45) is 0 Å². The summed E-state index contributed by atoms with van der Waals surface area (Å²) >= 11 is 6.08. The second kappa shape index (κ2) is 11.2. The highest BCUT2D eigenvalue weighted by molar-refractivity contribution is 6.30. The number of hydrogen-bond donors (Lipinski definition) is 1. The first-order valence-electron chi connectivity index (χ1n) is 12.0. The summed E-state index contributed by atoms with van der Waals surface area (Å²) in [7, 11) is 0. The maximum atomic E-state index is 12.9. The van der Waals surface area contributed by atoms with Crippen LogP contribution in [0.4, 0.5) is 18.9 Å². The fourth-order valence-corrected chi connectivity index (χ4v) is 4.88. The summed E-state index contributed by atoms with van der Waals surface area (Å²) in [5.74, 6) is -1.52. The summed E-state index contributed by atoms with van der Waals surface area (Å²) in [5.41, 5.74) is 1.09. The third-order valence-corrected chi connectivity index (χ3v) is 6.79. The van der Waals surface area contributed by atoms with Gasteiger partial charge in [-0.15, -0.1) is 0 Å². The summed E-state index contributed by atoms with van der Waals surface area (Å²) in [6.07, 6.45) is -3.27. The van der Waals surface area contributed by atoms with Crippen LogP contribution in [0.3, 0.4) is 0 Å². The van der Waals surface area contributed by atoms with E-state index in [1.807, 2.05) is 17.0 Å². The van der Waals surface area contributed by atoms with Gasteiger partial charge >= 0.3 is 12.1 Å². The largest absolute Gasteiger partial charge is 0.490 e. The fraction of sp³-hybridized carbons (Fsp3) is 0.462. The molecule has 0 bridgehead atoms. The van der Waals surface area contributed by atoms with Crippen molar-refractivity contribution in [3.8, 4) is 11.5 Å². The number of carbonyl (C=O) groups excluding carboxylic acids is 2. The van der Waals surface area contributed by atoms with Crippen LogP contribution < -0.4 is 14.8 Å². The van der Waals surface area contributed by atoms with Gasteiger partial charge in [0.05, 0.1) is 5.69 Å². The molecule has 200 valence electrons. The predicted molar refractivity (Wildman–Crippen MR) is 131 cm³/mol. The fourth-order valence-electron chi connectivity index (χ4n) is 4.68. The van der Waals surface area contributed by atoms with Crippen molar-refractivity contribution in [2.75, 3.05) is 31.6 Å². The molecule has 1 N–H and O–H groups in total. The van der Waals surface area contributed by atoms with Crippen molar-refractivity contribution < 1.29 is 37.0 Å². The molecule has 1 atom stereocenters. The van der Waals surface area contributed by atoms with E-state index in [2.05, 4.69) is 5.32 Å². The van der Waals surface area contributed by atoms with E-state index in [1.165, 1.54) is 6.92 Å². The second-order valence-corrected chi connectivity index (χ2v) is 9.79. The van der Waals surface area contributed by atoms with Crippen molar-refractivity contribution >= 4 is 29.2 Å². The van der Waals surface area contributed by atoms with Gasteiger partial charge in [0.15, 0.2) is 0 Å². The number of nitrogens with one attached hydrogen (secondary N) is 1. The molecule has 11 heteroatoms. The van der Waals surface area contributed by atoms with Gasteiger partial charge in [-0.2, -0.15) is 13.2 Å². The zero-order valence-electron chi connectivity index (χ0n) is 20.3. The molecule has 1 amide bonds. The molecule has 2 heterocycles. The number of rotatable bonds is 7. The zero-order chi connectivity index (χ0) is 26.6. The Morgan fingerprint density at radius 2 is 1.89 bits per heavy atom. The van der Waals surface area contributed by atoms with Crippen LogP contribution >= 0.6 is 11.6 Å². The van der Waals surface area contributed by atoms with E-state index < -0.39 is 18.2 Å². The summed E-state index contributed by atoms with van der Waals surface area (Å²) < 4.78 is 55.7. The number of esters is 1. The quantitative estimate of drug-likeness (QED) is 0.498. The van der Waals surface area contributed by atoms with Gasteiger partial charge in [0.25, 0.3) is 0 Å². The average molecular weight is 541 g/mol. The molecule has 0 radical (unpaired) electrons. The Morgan fingerprint density at radius 1 is 1.16 bits per heavy atom. The Labute approximate surface area is 217 Å². The molecule has 1 spiro atoms. The van der Waals surface area contributed by atoms with Crippen LogP contribution in [-0.2, 0) is 20.7 Å². The smallest absolute Gasteiger partial charge is 0.487 e. The number of benzene rings is 2. The lowest BCUT2D eigenvalue weighted by Crippen LogP contribution is -2.52. The van der Waals surface area contributed by atoms with E-state index in [1.54, 1.807) is 30.3 Å². The molecule has 0 aromatic heterocycles. The molecule has 2 aliphatic heterocycles. The molecule has 2 aromatic rings. The molecule has 2 aromatic carbocycles. The van der Waals surface area contributed by atoms with Crippen molar-refractivity contribution in [1.82, 2.24) is 4.90 Å². The molecular weight excluding hydrogens is 513 g/mol. The summed E-state index contributed by atoms with van der Waals surface area (Å²) in [4.78, 5) is 25.0. The Kier molecular flexibility index (Phi) is 8.18. The minimum Gasteiger partial charge on any atom is -0.487 e. The summed E-state index contributed by atoms with van der Waals surface area (Å²) in [5, 5.41) is 3.26. The Morgan fingerprint density at radius 3 is 2.59 bits per heavy atom. The number of nitrogens with zero attached hydrogens (tertiary/aromatic N) is 1. The molecule has 2 aliphatic rings. The SMILES string of the molecule is CC(=O)Nc1ccccc1OC[C@H](CN1CCC2(CCc3cc(Cl)ccc3O2)CC1)OC(=O)C(F)(F)F. The minimum atomic E-state index is -5.12. The van der Waals surface area contributed by atoms with Crippen LogP contribution in [0.2, 0.25) is 5.02 Å². The lowest BCUT2D eigenvalue weighted by molar-refractivity contribution is -0.207. The van der Waals surface area contributed by atoms with Gasteiger partial charge in [0.2, 0.25) is 5.91 Å². The maximum absolute atomic E-state index is 12.9. The third kappa shape index (κ3) is 7.07. The molecule has 0 saturated carbocycles. The number of halogens is 4. The molecular formula is C26H28ClF3N2O5. The van der Waals surface area contributed by atoms with Gasteiger partial charge in [-0.05, 0) is 61.6 Å². The number of carbonyl (C=O) groups is 2. The highest BCUT2D eigenvalue weighted by atomic mass is 35.5. The first-order chi connectivity index (χ1) is 17.5. The number of para-hydroxylation sites is 2. The number of hydrogen-bond acceptors (Lipinski definition) is 6. The zero-order valence-corrected chi connectivity index (χ0v) is 21.0. The highest BCUT2D eigenvalue weighted by Crippen LogP contribution is 2.40. The molecule has 0 aliphatic carbocycles. The highest BCUT2D eigenvalue weighted by Gasteiger charge is 2.44. The first-order valence-corrected chi connectivity index (χ1v) is 12.4. The van der Waals surface area contributed by atoms with E-state index >= 15 is 0 Å². The number of aryl methyl sites for hydroxylation is 1. The van der Waals surface area contributed by atoms with Gasteiger partial charge in [0.1, 0.15) is 29.8 Å². The lowest BCUT2D eigenvalue weighted by Gasteiger charge is -2.45. The minimum absolute atomic E-state index is 0.0619. The van der Waals surface area contributed by atoms with Crippen molar-refractivity contribution in [3.63, 3.8) is 0 Å². The molecule has 7 nitrogen and oxygen atoms in total. The van der Waals surface area contributed by atoms with E-state index in [0.717, 1.165) is 24.2 Å². The summed E-state index contributed by atoms with van der Waals surface area (Å²) in [6, 6.07) is 12.1. The normalized spacial score (nSPS) is 17.9. The summed E-state index contributed by atoms with van der Waals surface area (Å²) in [6.45, 7) is 2.20. The number of fused-ring (bicyclic) bond motifs is 1. The monoisotopic (exact) mass is 540 g/mol. The van der Waals surface area contributed by atoms with E-state index in [0.29, 0.717) is 36.6 Å². The Balaban J connectivity index is 1.39. The topological polar surface area (TPSA) is 77.1 Å². The van der Waals surface area contributed by atoms with Crippen molar-refractivity contribution in [3.05, 3.63) is 53.1 Å². The molecule has 37 heavy (non-hydrogen) atoms. The van der Waals surface area contributed by atoms with Crippen LogP contribution in [0.15, 0.2) is 42.5 Å². The second-order valence-electron chi connectivity index (χ2n) is 9.35. The van der Waals surface area contributed by atoms with Gasteiger partial charge < -0.3 is 19.5 Å². The van der Waals surface area contributed by atoms with Crippen molar-refractivity contribution in [2.45, 2.75) is 50.5 Å². The average Bonchev–Trinajstić information content (AvgIpc) is 2.84. The molecule has 1 fully saturated rings. The van der Waals surface area contributed by atoms with Gasteiger partial charge in [-0.25, -0.2) is 4.79 Å². The van der Waals surface area contributed by atoms with E-state index in [-0.39, 0.29) is 30.4 Å². The Bertz CT molecular complexity index is 1140. The standard InChI is InChI=1S/C26H28ClF3N2O5/c1-17(33)31-21-4-2-3-5-23(21)35-16-20(36-24(34)26(28,29)30)15-32-12-10-25(11-13-32)9-8-18-14-19(27)6-7-22(18)37-25/h2-7,14,20H,8-13,15-16H2,1H3,(H,31,33)/t20-/m0/s1. The van der Waals surface area contributed by atoms with Crippen LogP contribution in [0.25, 0.3) is 0 Å². The predicted octanol–water partition coefficient (Wildman–Crippen LogP) is 5.01. The molecule has 0 unspecified atom stereocenters. The number of ether oxygens (including phenoxy) is 3. The third-order valence-electron chi connectivity index (χ3n) is 6.56. The van der Waals surface area contributed by atoms with Crippen LogP contribution in [0.1, 0.15) is 31.7 Å². The van der Waals surface area contributed by atoms with Gasteiger partial charge in [0, 0.05) is 31.6 Å². The number of likely N-dealkylation sites (tertiary alicyclic amines) is 1. The van der Waals surface area contributed by atoms with Gasteiger partial charge in [-0.3, -0.25) is 9.69 Å². The van der Waals surface area contributed by atoms with Gasteiger partial charge in [-0.1, -0.05) is 23.7 Å². The van der Waals surface area contributed by atoms with E-state index in [9.17, 15) is 22.8 Å². The van der Waals surface area contributed by atoms with Crippen LogP contribution in [-0.4, -0.2) is 60.9 Å². The van der Waals surface area contributed by atoms with Crippen molar-refractivity contribution in [1.29, 1.82) is 0 Å². The maximum Gasteiger partial charge on any atom is 0.490 e. The molecule has 1 saturated heterocycles. The van der Waals surface area contributed by atoms with Crippen LogP contribution in [0.5, 0.6) is 11.5 Å². The first kappa shape index (κ1) is 27.1. The number of piperidine rings is 1. The number of anilines is 1. The van der Waals surface area contributed by atoms with E-state index in [4.69, 9.17) is 25.8 Å². The lowest BCUT2D eigenvalue weighted by atomic mass is 9.83. The molecule has 4 rings (SSSR count). The number of alkyl halides is 3.